The molecule has 0 aromatic carbocycles. The van der Waals surface area contributed by atoms with Crippen LogP contribution in [0.3, 0.4) is 0 Å². The van der Waals surface area contributed by atoms with Gasteiger partial charge in [-0.25, -0.2) is 14.4 Å². The molecule has 14 heavy (non-hydrogen) atoms. The molecule has 0 aliphatic heterocycles. The average Bonchev–Trinajstić information content (AvgIpc) is 2.22. The van der Waals surface area contributed by atoms with E-state index in [-0.39, 0.29) is 18.3 Å². The summed E-state index contributed by atoms with van der Waals surface area (Å²) in [5.74, 6) is -0.160. The van der Waals surface area contributed by atoms with Crippen LogP contribution in [0.1, 0.15) is 44.0 Å². The standard InChI is InChI=1S/C10H16FN3/c1-3-7(4-2)10-9(11)8(5-12)13-6-14-10/h6-7H,3-5,12H2,1-2H3. The molecule has 0 spiro atoms. The molecular formula is C10H16FN3. The first-order valence-corrected chi connectivity index (χ1v) is 4.93. The van der Waals surface area contributed by atoms with Gasteiger partial charge < -0.3 is 5.73 Å². The Kier molecular flexibility index (Phi) is 3.95. The minimum atomic E-state index is -0.330. The summed E-state index contributed by atoms with van der Waals surface area (Å²) in [4.78, 5) is 7.78. The maximum absolute atomic E-state index is 13.7. The first kappa shape index (κ1) is 11.0. The molecule has 1 heterocycles. The first-order chi connectivity index (χ1) is 6.74. The zero-order valence-corrected chi connectivity index (χ0v) is 8.63. The molecule has 0 atom stereocenters. The van der Waals surface area contributed by atoms with Gasteiger partial charge in [0, 0.05) is 12.5 Å². The highest BCUT2D eigenvalue weighted by molar-refractivity contribution is 5.15. The second-order valence-electron chi connectivity index (χ2n) is 3.24. The van der Waals surface area contributed by atoms with Gasteiger partial charge in [-0.05, 0) is 12.8 Å². The summed E-state index contributed by atoms with van der Waals surface area (Å²) in [6.45, 7) is 4.18. The number of hydrogen-bond donors (Lipinski definition) is 1. The van der Waals surface area contributed by atoms with Crippen molar-refractivity contribution in [3.63, 3.8) is 0 Å². The normalized spacial score (nSPS) is 10.9. The van der Waals surface area contributed by atoms with Crippen LogP contribution in [0.25, 0.3) is 0 Å². The fourth-order valence-electron chi connectivity index (χ4n) is 1.52. The Morgan fingerprint density at radius 3 is 2.50 bits per heavy atom. The summed E-state index contributed by atoms with van der Waals surface area (Å²) in [6, 6.07) is 0. The van der Waals surface area contributed by atoms with Crippen LogP contribution in [-0.2, 0) is 6.54 Å². The molecule has 1 aromatic heterocycles. The van der Waals surface area contributed by atoms with Crippen molar-refractivity contribution in [3.8, 4) is 0 Å². The van der Waals surface area contributed by atoms with E-state index in [1.807, 2.05) is 13.8 Å². The van der Waals surface area contributed by atoms with E-state index in [1.54, 1.807) is 0 Å². The van der Waals surface area contributed by atoms with Crippen molar-refractivity contribution < 1.29 is 4.39 Å². The molecule has 0 amide bonds. The molecule has 3 nitrogen and oxygen atoms in total. The number of aromatic nitrogens is 2. The molecule has 0 radical (unpaired) electrons. The minimum Gasteiger partial charge on any atom is -0.325 e. The number of rotatable bonds is 4. The van der Waals surface area contributed by atoms with Gasteiger partial charge in [-0.15, -0.1) is 0 Å². The number of halogens is 1. The molecular weight excluding hydrogens is 181 g/mol. The van der Waals surface area contributed by atoms with E-state index < -0.39 is 0 Å². The van der Waals surface area contributed by atoms with Gasteiger partial charge in [0.1, 0.15) is 6.33 Å². The number of nitrogens with zero attached hydrogens (tertiary/aromatic N) is 2. The van der Waals surface area contributed by atoms with Crippen molar-refractivity contribution in [2.24, 2.45) is 5.73 Å². The Morgan fingerprint density at radius 1 is 1.36 bits per heavy atom. The Labute approximate surface area is 83.6 Å². The molecule has 78 valence electrons. The maximum atomic E-state index is 13.7. The van der Waals surface area contributed by atoms with E-state index in [2.05, 4.69) is 9.97 Å². The van der Waals surface area contributed by atoms with Gasteiger partial charge in [0.05, 0.1) is 11.4 Å². The lowest BCUT2D eigenvalue weighted by Crippen LogP contribution is -2.10. The fourth-order valence-corrected chi connectivity index (χ4v) is 1.52. The van der Waals surface area contributed by atoms with Crippen LogP contribution < -0.4 is 5.73 Å². The summed E-state index contributed by atoms with van der Waals surface area (Å²) < 4.78 is 13.7. The lowest BCUT2D eigenvalue weighted by Gasteiger charge is -2.13. The van der Waals surface area contributed by atoms with Gasteiger partial charge in [-0.3, -0.25) is 0 Å². The van der Waals surface area contributed by atoms with Crippen molar-refractivity contribution in [2.45, 2.75) is 39.2 Å². The molecule has 2 N–H and O–H groups in total. The molecule has 1 aromatic rings. The van der Waals surface area contributed by atoms with Crippen LogP contribution in [-0.4, -0.2) is 9.97 Å². The highest BCUT2D eigenvalue weighted by Gasteiger charge is 2.16. The summed E-state index contributed by atoms with van der Waals surface area (Å²) >= 11 is 0. The van der Waals surface area contributed by atoms with Crippen molar-refractivity contribution in [2.75, 3.05) is 0 Å². The maximum Gasteiger partial charge on any atom is 0.167 e. The lowest BCUT2D eigenvalue weighted by molar-refractivity contribution is 0.522. The Hall–Kier alpha value is -1.03. The molecule has 0 saturated carbocycles. The summed E-state index contributed by atoms with van der Waals surface area (Å²) in [5, 5.41) is 0. The Bertz CT molecular complexity index is 297. The van der Waals surface area contributed by atoms with Gasteiger partial charge in [0.2, 0.25) is 0 Å². The topological polar surface area (TPSA) is 51.8 Å². The quantitative estimate of drug-likeness (QED) is 0.803. The predicted octanol–water partition coefficient (Wildman–Crippen LogP) is 1.98. The lowest BCUT2D eigenvalue weighted by atomic mass is 9.98. The van der Waals surface area contributed by atoms with Crippen LogP contribution in [0.5, 0.6) is 0 Å². The number of hydrogen-bond acceptors (Lipinski definition) is 3. The van der Waals surface area contributed by atoms with E-state index in [0.717, 1.165) is 12.8 Å². The summed E-state index contributed by atoms with van der Waals surface area (Å²) in [5.41, 5.74) is 6.18. The van der Waals surface area contributed by atoms with Gasteiger partial charge >= 0.3 is 0 Å². The van der Waals surface area contributed by atoms with E-state index >= 15 is 0 Å². The molecule has 0 fully saturated rings. The van der Waals surface area contributed by atoms with Gasteiger partial charge in [-0.1, -0.05) is 13.8 Å². The molecule has 4 heteroatoms. The van der Waals surface area contributed by atoms with E-state index in [4.69, 9.17) is 5.73 Å². The molecule has 0 unspecified atom stereocenters. The minimum absolute atomic E-state index is 0.126. The highest BCUT2D eigenvalue weighted by Crippen LogP contribution is 2.23. The third-order valence-corrected chi connectivity index (χ3v) is 2.45. The number of nitrogens with two attached hydrogens (primary N) is 1. The average molecular weight is 197 g/mol. The third-order valence-electron chi connectivity index (χ3n) is 2.45. The molecule has 0 bridgehead atoms. The van der Waals surface area contributed by atoms with Crippen LogP contribution in [0, 0.1) is 5.82 Å². The predicted molar refractivity (Wildman–Crippen MR) is 53.2 cm³/mol. The third kappa shape index (κ3) is 2.07. The van der Waals surface area contributed by atoms with Crippen molar-refractivity contribution in [3.05, 3.63) is 23.5 Å². The van der Waals surface area contributed by atoms with Crippen LogP contribution >= 0.6 is 0 Å². The smallest absolute Gasteiger partial charge is 0.167 e. The van der Waals surface area contributed by atoms with Gasteiger partial charge in [0.15, 0.2) is 5.82 Å². The zero-order chi connectivity index (χ0) is 10.6. The first-order valence-electron chi connectivity index (χ1n) is 4.93. The van der Waals surface area contributed by atoms with E-state index in [9.17, 15) is 4.39 Å². The van der Waals surface area contributed by atoms with Crippen molar-refractivity contribution >= 4 is 0 Å². The second-order valence-corrected chi connectivity index (χ2v) is 3.24. The summed E-state index contributed by atoms with van der Waals surface area (Å²) in [6.07, 6.45) is 3.15. The van der Waals surface area contributed by atoms with Crippen molar-refractivity contribution in [1.82, 2.24) is 9.97 Å². The molecule has 0 aliphatic carbocycles. The van der Waals surface area contributed by atoms with Crippen LogP contribution in [0.2, 0.25) is 0 Å². The Morgan fingerprint density at radius 2 is 2.00 bits per heavy atom. The van der Waals surface area contributed by atoms with E-state index in [0.29, 0.717) is 11.4 Å². The zero-order valence-electron chi connectivity index (χ0n) is 8.63. The van der Waals surface area contributed by atoms with E-state index in [1.165, 1.54) is 6.33 Å². The molecule has 0 saturated heterocycles. The Balaban J connectivity index is 3.07. The SMILES string of the molecule is CCC(CC)c1ncnc(CN)c1F. The van der Waals surface area contributed by atoms with Crippen LogP contribution in [0.4, 0.5) is 4.39 Å². The van der Waals surface area contributed by atoms with Crippen LogP contribution in [0.15, 0.2) is 6.33 Å². The van der Waals surface area contributed by atoms with Gasteiger partial charge in [0.25, 0.3) is 0 Å². The molecule has 0 aliphatic rings. The van der Waals surface area contributed by atoms with Crippen molar-refractivity contribution in [1.29, 1.82) is 0 Å². The molecule has 1 rings (SSSR count). The monoisotopic (exact) mass is 197 g/mol. The summed E-state index contributed by atoms with van der Waals surface area (Å²) in [7, 11) is 0. The fraction of sp³-hybridized carbons (Fsp3) is 0.600. The highest BCUT2D eigenvalue weighted by atomic mass is 19.1. The van der Waals surface area contributed by atoms with Gasteiger partial charge in [-0.2, -0.15) is 0 Å². The largest absolute Gasteiger partial charge is 0.325 e. The second kappa shape index (κ2) is 5.00.